The van der Waals surface area contributed by atoms with Crippen molar-refractivity contribution in [3.63, 3.8) is 0 Å². The summed E-state index contributed by atoms with van der Waals surface area (Å²) in [5.74, 6) is -0.710. The van der Waals surface area contributed by atoms with Crippen LogP contribution in [0, 0.1) is 6.92 Å². The van der Waals surface area contributed by atoms with Gasteiger partial charge in [-0.1, -0.05) is 29.8 Å². The lowest BCUT2D eigenvalue weighted by molar-refractivity contribution is -0.161. The summed E-state index contributed by atoms with van der Waals surface area (Å²) >= 11 is 0. The molecule has 1 atom stereocenters. The van der Waals surface area contributed by atoms with Gasteiger partial charge in [0.25, 0.3) is 0 Å². The van der Waals surface area contributed by atoms with E-state index in [1.807, 2.05) is 26.8 Å². The van der Waals surface area contributed by atoms with Gasteiger partial charge in [-0.25, -0.2) is 9.59 Å². The Morgan fingerprint density at radius 1 is 1.10 bits per heavy atom. The molecule has 216 valence electrons. The molecule has 0 aromatic heterocycles. The smallest absolute Gasteiger partial charge is 0.343 e. The van der Waals surface area contributed by atoms with Crippen LogP contribution >= 0.6 is 12.4 Å². The van der Waals surface area contributed by atoms with Crippen molar-refractivity contribution >= 4 is 30.3 Å². The lowest BCUT2D eigenvalue weighted by Crippen LogP contribution is -2.44. The average Bonchev–Trinajstić information content (AvgIpc) is 3.34. The SMILES string of the molecule is COc1c(C)c2c(c(OC(=O)c3ccccc3)c1C/C=C(\C)CCC(=O)OC(C)N1CCOCC1)C(=O)OC2.Cl. The highest BCUT2D eigenvalue weighted by Gasteiger charge is 2.34. The molecule has 1 unspecified atom stereocenters. The predicted molar refractivity (Wildman–Crippen MR) is 150 cm³/mol. The highest BCUT2D eigenvalue weighted by Crippen LogP contribution is 2.43. The zero-order chi connectivity index (χ0) is 27.9. The van der Waals surface area contributed by atoms with E-state index in [4.69, 9.17) is 23.7 Å². The van der Waals surface area contributed by atoms with Crippen LogP contribution in [0.3, 0.4) is 0 Å². The third-order valence-corrected chi connectivity index (χ3v) is 7.07. The van der Waals surface area contributed by atoms with Gasteiger partial charge >= 0.3 is 17.9 Å². The highest BCUT2D eigenvalue weighted by atomic mass is 35.5. The van der Waals surface area contributed by atoms with Crippen LogP contribution in [0.1, 0.15) is 64.1 Å². The molecular weight excluding hydrogens is 538 g/mol. The molecule has 0 saturated carbocycles. The van der Waals surface area contributed by atoms with Crippen LogP contribution in [0.25, 0.3) is 0 Å². The predicted octanol–water partition coefficient (Wildman–Crippen LogP) is 4.81. The number of carbonyl (C=O) groups excluding carboxylic acids is 3. The van der Waals surface area contributed by atoms with Crippen LogP contribution in [-0.2, 0) is 32.0 Å². The van der Waals surface area contributed by atoms with Gasteiger partial charge in [0.1, 0.15) is 17.9 Å². The summed E-state index contributed by atoms with van der Waals surface area (Å²) in [6.07, 6.45) is 2.71. The monoisotopic (exact) mass is 573 g/mol. The van der Waals surface area contributed by atoms with E-state index in [0.717, 1.165) is 24.2 Å². The number of hydrogen-bond acceptors (Lipinski definition) is 9. The number of nitrogens with zero attached hydrogens (tertiary/aromatic N) is 1. The van der Waals surface area contributed by atoms with E-state index in [1.165, 1.54) is 0 Å². The Kier molecular flexibility index (Phi) is 11.1. The molecule has 2 aromatic rings. The Morgan fingerprint density at radius 2 is 1.80 bits per heavy atom. The summed E-state index contributed by atoms with van der Waals surface area (Å²) in [5.41, 5.74) is 3.54. The molecule has 2 heterocycles. The summed E-state index contributed by atoms with van der Waals surface area (Å²) in [5, 5.41) is 0. The standard InChI is InChI=1S/C30H35NO8.ClH/c1-19(11-13-25(32)38-21(3)31-14-16-36-17-15-31)10-12-23-27(35-4)20(2)24-18-37-30(34)26(24)28(23)39-29(33)22-8-6-5-7-9-22;/h5-10,21H,11-18H2,1-4H3;1H/b19-10+;. The van der Waals surface area contributed by atoms with Crippen LogP contribution in [-0.4, -0.2) is 62.4 Å². The molecule has 0 radical (unpaired) electrons. The first-order valence-electron chi connectivity index (χ1n) is 13.1. The van der Waals surface area contributed by atoms with Gasteiger partial charge in [-0.2, -0.15) is 0 Å². The van der Waals surface area contributed by atoms with Gasteiger partial charge < -0.3 is 23.7 Å². The number of cyclic esters (lactones) is 1. The Hall–Kier alpha value is -3.40. The topological polar surface area (TPSA) is 101 Å². The van der Waals surface area contributed by atoms with E-state index < -0.39 is 11.9 Å². The lowest BCUT2D eigenvalue weighted by atomic mass is 9.94. The number of fused-ring (bicyclic) bond motifs is 1. The number of methoxy groups -OCH3 is 1. The lowest BCUT2D eigenvalue weighted by Gasteiger charge is -2.31. The molecule has 0 N–H and O–H groups in total. The molecule has 1 fully saturated rings. The first kappa shape index (κ1) is 31.1. The van der Waals surface area contributed by atoms with E-state index in [1.54, 1.807) is 37.4 Å². The van der Waals surface area contributed by atoms with Crippen molar-refractivity contribution in [3.8, 4) is 11.5 Å². The molecule has 0 bridgehead atoms. The summed E-state index contributed by atoms with van der Waals surface area (Å²) in [7, 11) is 1.54. The minimum atomic E-state index is -0.581. The van der Waals surface area contributed by atoms with E-state index in [2.05, 4.69) is 4.90 Å². The van der Waals surface area contributed by atoms with E-state index in [9.17, 15) is 14.4 Å². The van der Waals surface area contributed by atoms with Crippen molar-refractivity contribution in [3.05, 3.63) is 69.8 Å². The van der Waals surface area contributed by atoms with Gasteiger partial charge in [0.05, 0.1) is 25.9 Å². The summed E-state index contributed by atoms with van der Waals surface area (Å²) < 4.78 is 27.8. The van der Waals surface area contributed by atoms with Gasteiger partial charge in [0.2, 0.25) is 0 Å². The molecule has 9 nitrogen and oxygen atoms in total. The molecule has 10 heteroatoms. The normalized spacial score (nSPS) is 15.9. The zero-order valence-corrected chi connectivity index (χ0v) is 24.1. The third kappa shape index (κ3) is 7.21. The largest absolute Gasteiger partial charge is 0.496 e. The summed E-state index contributed by atoms with van der Waals surface area (Å²) in [6, 6.07) is 8.58. The Labute approximate surface area is 240 Å². The molecule has 2 aliphatic rings. The van der Waals surface area contributed by atoms with Gasteiger partial charge in [0.15, 0.2) is 12.0 Å². The van der Waals surface area contributed by atoms with E-state index >= 15 is 0 Å². The molecule has 0 amide bonds. The second-order valence-electron chi connectivity index (χ2n) is 9.64. The van der Waals surface area contributed by atoms with Crippen molar-refractivity contribution in [2.75, 3.05) is 33.4 Å². The van der Waals surface area contributed by atoms with Crippen molar-refractivity contribution in [2.24, 2.45) is 0 Å². The molecule has 1 saturated heterocycles. The van der Waals surface area contributed by atoms with Gasteiger partial charge in [-0.3, -0.25) is 9.69 Å². The fourth-order valence-electron chi connectivity index (χ4n) is 4.79. The van der Waals surface area contributed by atoms with Crippen molar-refractivity contribution < 1.29 is 38.1 Å². The minimum absolute atomic E-state index is 0. The van der Waals surface area contributed by atoms with Crippen molar-refractivity contribution in [2.45, 2.75) is 52.9 Å². The maximum atomic E-state index is 13.0. The average molecular weight is 574 g/mol. The van der Waals surface area contributed by atoms with Crippen LogP contribution < -0.4 is 9.47 Å². The number of allylic oxidation sites excluding steroid dienone is 2. The Bertz CT molecular complexity index is 1250. The summed E-state index contributed by atoms with van der Waals surface area (Å²) in [4.78, 5) is 40.2. The molecule has 0 aliphatic carbocycles. The Balaban J connectivity index is 0.00000441. The fraction of sp³-hybridized carbons (Fsp3) is 0.433. The number of rotatable bonds is 10. The molecule has 2 aromatic carbocycles. The fourth-order valence-corrected chi connectivity index (χ4v) is 4.79. The molecule has 0 spiro atoms. The second kappa shape index (κ2) is 14.3. The van der Waals surface area contributed by atoms with Gasteiger partial charge in [0, 0.05) is 30.6 Å². The minimum Gasteiger partial charge on any atom is -0.496 e. The molecule has 40 heavy (non-hydrogen) atoms. The molecular formula is C30H36ClNO8. The number of benzene rings is 2. The number of hydrogen-bond donors (Lipinski definition) is 0. The second-order valence-corrected chi connectivity index (χ2v) is 9.64. The maximum absolute atomic E-state index is 13.0. The van der Waals surface area contributed by atoms with E-state index in [0.29, 0.717) is 48.5 Å². The summed E-state index contributed by atoms with van der Waals surface area (Å²) in [6.45, 7) is 8.49. The van der Waals surface area contributed by atoms with Crippen molar-refractivity contribution in [1.82, 2.24) is 4.90 Å². The quantitative estimate of drug-likeness (QED) is 0.225. The van der Waals surface area contributed by atoms with Crippen LogP contribution in [0.4, 0.5) is 0 Å². The number of esters is 3. The first-order chi connectivity index (χ1) is 18.8. The number of ether oxygens (including phenoxy) is 5. The van der Waals surface area contributed by atoms with Gasteiger partial charge in [-0.05, 0) is 51.3 Å². The van der Waals surface area contributed by atoms with Crippen molar-refractivity contribution in [1.29, 1.82) is 0 Å². The maximum Gasteiger partial charge on any atom is 0.343 e. The first-order valence-corrected chi connectivity index (χ1v) is 13.1. The highest BCUT2D eigenvalue weighted by molar-refractivity contribution is 6.00. The number of morpholine rings is 1. The molecule has 2 aliphatic heterocycles. The Morgan fingerprint density at radius 3 is 2.48 bits per heavy atom. The van der Waals surface area contributed by atoms with Gasteiger partial charge in [-0.15, -0.1) is 12.4 Å². The van der Waals surface area contributed by atoms with Crippen LogP contribution in [0.15, 0.2) is 42.0 Å². The third-order valence-electron chi connectivity index (χ3n) is 7.07. The van der Waals surface area contributed by atoms with Crippen LogP contribution in [0.5, 0.6) is 11.5 Å². The number of halogens is 1. The van der Waals surface area contributed by atoms with Crippen LogP contribution in [0.2, 0.25) is 0 Å². The number of carbonyl (C=O) groups is 3. The molecule has 4 rings (SSSR count). The van der Waals surface area contributed by atoms with E-state index in [-0.39, 0.29) is 48.9 Å². The zero-order valence-electron chi connectivity index (χ0n) is 23.3.